The number of nitrogens with zero attached hydrogens (tertiary/aromatic N) is 2. The Morgan fingerprint density at radius 2 is 2.14 bits per heavy atom. The van der Waals surface area contributed by atoms with E-state index in [0.717, 1.165) is 6.34 Å². The molecule has 0 aromatic rings. The van der Waals surface area contributed by atoms with Crippen LogP contribution in [0.5, 0.6) is 0 Å². The summed E-state index contributed by atoms with van der Waals surface area (Å²) in [6.45, 7) is 0.184. The third kappa shape index (κ3) is 0.677. The lowest BCUT2D eigenvalue weighted by molar-refractivity contribution is -0.462. The average Bonchev–Trinajstić information content (AvgIpc) is 1.87. The van der Waals surface area contributed by atoms with Gasteiger partial charge in [0.15, 0.2) is 0 Å². The normalized spacial score (nSPS) is 18.9. The first-order chi connectivity index (χ1) is 3.29. The maximum Gasteiger partial charge on any atom is 0.424 e. The molecule has 38 valence electrons. The summed E-state index contributed by atoms with van der Waals surface area (Å²) in [4.78, 5) is 0. The van der Waals surface area contributed by atoms with Crippen LogP contribution in [0.3, 0.4) is 0 Å². The van der Waals surface area contributed by atoms with Crippen LogP contribution in [0, 0.1) is 10.4 Å². The van der Waals surface area contributed by atoms with Crippen molar-refractivity contribution in [2.75, 3.05) is 6.54 Å². The van der Waals surface area contributed by atoms with Crippen LogP contribution in [0.2, 0.25) is 0 Å². The van der Waals surface area contributed by atoms with Crippen LogP contribution in [0.25, 0.3) is 0 Å². The molecule has 0 fully saturated rings. The molecule has 0 aliphatic carbocycles. The summed E-state index contributed by atoms with van der Waals surface area (Å²) >= 11 is 0. The summed E-state index contributed by atoms with van der Waals surface area (Å²) in [6.07, 6.45) is 2.20. The zero-order valence-corrected chi connectivity index (χ0v) is 3.57. The summed E-state index contributed by atoms with van der Waals surface area (Å²) in [6, 6.07) is 0. The molecule has 1 heterocycles. The molecule has 0 saturated carbocycles. The summed E-state index contributed by atoms with van der Waals surface area (Å²) in [5.74, 6) is 0. The van der Waals surface area contributed by atoms with Crippen molar-refractivity contribution in [1.29, 1.82) is 0 Å². The van der Waals surface area contributed by atoms with Gasteiger partial charge in [-0.2, -0.15) is 0 Å². The zero-order valence-electron chi connectivity index (χ0n) is 3.57. The molecular formula is C3H4N2O2. The van der Waals surface area contributed by atoms with E-state index in [2.05, 4.69) is 0 Å². The third-order valence-electron chi connectivity index (χ3n) is 0.684. The second-order valence-electron chi connectivity index (χ2n) is 1.26. The third-order valence-corrected chi connectivity index (χ3v) is 0.684. The lowest BCUT2D eigenvalue weighted by Gasteiger charge is -1.85. The van der Waals surface area contributed by atoms with Gasteiger partial charge >= 0.3 is 6.34 Å². The Hall–Kier alpha value is -1.06. The predicted molar refractivity (Wildman–Crippen MR) is 24.2 cm³/mol. The molecule has 0 bridgehead atoms. The first kappa shape index (κ1) is 4.11. The summed E-state index contributed by atoms with van der Waals surface area (Å²) in [5, 5.41) is 20.1. The SMILES string of the molecule is [O-][N+]1=CC[N+]([O-])=C1. The van der Waals surface area contributed by atoms with E-state index in [4.69, 9.17) is 0 Å². The van der Waals surface area contributed by atoms with Gasteiger partial charge in [-0.25, -0.2) is 0 Å². The van der Waals surface area contributed by atoms with E-state index in [0.29, 0.717) is 9.48 Å². The minimum Gasteiger partial charge on any atom is -0.619 e. The zero-order chi connectivity index (χ0) is 5.28. The van der Waals surface area contributed by atoms with Crippen molar-refractivity contribution >= 4 is 12.6 Å². The first-order valence-corrected chi connectivity index (χ1v) is 1.86. The highest BCUT2D eigenvalue weighted by molar-refractivity contribution is 5.62. The van der Waals surface area contributed by atoms with Crippen molar-refractivity contribution in [2.45, 2.75) is 0 Å². The lowest BCUT2D eigenvalue weighted by Crippen LogP contribution is -1.99. The monoisotopic (exact) mass is 100 g/mol. The molecule has 1 rings (SSSR count). The van der Waals surface area contributed by atoms with Crippen LogP contribution in [0.4, 0.5) is 0 Å². The molecule has 0 amide bonds. The smallest absolute Gasteiger partial charge is 0.424 e. The number of hydrogen-bond donors (Lipinski definition) is 0. The first-order valence-electron chi connectivity index (χ1n) is 1.86. The van der Waals surface area contributed by atoms with E-state index in [1.807, 2.05) is 0 Å². The summed E-state index contributed by atoms with van der Waals surface area (Å²) in [7, 11) is 0. The van der Waals surface area contributed by atoms with Gasteiger partial charge in [-0.1, -0.05) is 0 Å². The highest BCUT2D eigenvalue weighted by atomic mass is 16.5. The van der Waals surface area contributed by atoms with Crippen molar-refractivity contribution in [3.8, 4) is 0 Å². The van der Waals surface area contributed by atoms with Gasteiger partial charge in [-0.3, -0.25) is 0 Å². The van der Waals surface area contributed by atoms with Crippen LogP contribution in [0.1, 0.15) is 0 Å². The van der Waals surface area contributed by atoms with Gasteiger partial charge in [0.05, 0.1) is 0 Å². The molecule has 4 nitrogen and oxygen atoms in total. The van der Waals surface area contributed by atoms with Crippen LogP contribution >= 0.6 is 0 Å². The predicted octanol–water partition coefficient (Wildman–Crippen LogP) is -0.880. The van der Waals surface area contributed by atoms with E-state index in [-0.39, 0.29) is 6.54 Å². The molecule has 0 spiro atoms. The molecule has 1 aliphatic heterocycles. The van der Waals surface area contributed by atoms with Gasteiger partial charge in [-0.05, 0) is 0 Å². The van der Waals surface area contributed by atoms with Crippen LogP contribution in [-0.4, -0.2) is 28.6 Å². The number of hydrogen-bond acceptors (Lipinski definition) is 2. The van der Waals surface area contributed by atoms with Crippen molar-refractivity contribution in [2.24, 2.45) is 0 Å². The fourth-order valence-electron chi connectivity index (χ4n) is 0.382. The Morgan fingerprint density at radius 1 is 1.43 bits per heavy atom. The van der Waals surface area contributed by atoms with Gasteiger partial charge in [-0.15, -0.1) is 9.48 Å². The van der Waals surface area contributed by atoms with E-state index in [9.17, 15) is 10.4 Å². The molecule has 1 aliphatic rings. The maximum absolute atomic E-state index is 10.0. The van der Waals surface area contributed by atoms with Crippen molar-refractivity contribution in [1.82, 2.24) is 0 Å². The molecule has 0 aromatic carbocycles. The lowest BCUT2D eigenvalue weighted by atomic mass is 10.8. The van der Waals surface area contributed by atoms with Crippen LogP contribution in [0.15, 0.2) is 0 Å². The summed E-state index contributed by atoms with van der Waals surface area (Å²) < 4.78 is 1.06. The van der Waals surface area contributed by atoms with Crippen LogP contribution < -0.4 is 0 Å². The van der Waals surface area contributed by atoms with Gasteiger partial charge in [0.2, 0.25) is 12.8 Å². The van der Waals surface area contributed by atoms with Gasteiger partial charge in [0.1, 0.15) is 0 Å². The molecule has 0 N–H and O–H groups in total. The second kappa shape index (κ2) is 1.22. The fourth-order valence-corrected chi connectivity index (χ4v) is 0.382. The van der Waals surface area contributed by atoms with E-state index in [1.54, 1.807) is 0 Å². The van der Waals surface area contributed by atoms with Crippen molar-refractivity contribution < 1.29 is 9.48 Å². The minimum atomic E-state index is 0.184. The fraction of sp³-hybridized carbons (Fsp3) is 0.333. The Balaban J connectivity index is 2.69. The van der Waals surface area contributed by atoms with Crippen molar-refractivity contribution in [3.63, 3.8) is 0 Å². The van der Waals surface area contributed by atoms with E-state index >= 15 is 0 Å². The highest BCUT2D eigenvalue weighted by Gasteiger charge is 2.05. The van der Waals surface area contributed by atoms with E-state index in [1.165, 1.54) is 6.21 Å². The molecule has 7 heavy (non-hydrogen) atoms. The Labute approximate surface area is 40.2 Å². The minimum absolute atomic E-state index is 0.184. The highest BCUT2D eigenvalue weighted by Crippen LogP contribution is 1.74. The maximum atomic E-state index is 10.0. The second-order valence-corrected chi connectivity index (χ2v) is 1.26. The Morgan fingerprint density at radius 3 is 2.29 bits per heavy atom. The molecule has 0 atom stereocenters. The Kier molecular flexibility index (Phi) is 0.714. The number of hydroxylamine groups is 2. The standard InChI is InChI=1S/C3H4N2O2/c6-4-1-2-5(7)3-4/h1,3H,2H2. The Bertz CT molecular complexity index is 138. The van der Waals surface area contributed by atoms with Gasteiger partial charge < -0.3 is 10.4 Å². The topological polar surface area (TPSA) is 52.1 Å². The van der Waals surface area contributed by atoms with Gasteiger partial charge in [0.25, 0.3) is 0 Å². The molecule has 0 saturated heterocycles. The molecule has 4 heteroatoms. The van der Waals surface area contributed by atoms with Crippen LogP contribution in [-0.2, 0) is 0 Å². The molecular weight excluding hydrogens is 96.0 g/mol. The van der Waals surface area contributed by atoms with E-state index < -0.39 is 0 Å². The largest absolute Gasteiger partial charge is 0.619 e. The summed E-state index contributed by atoms with van der Waals surface area (Å²) in [5.41, 5.74) is 0. The molecule has 0 radical (unpaired) electrons. The molecule has 0 aromatic heterocycles. The average molecular weight is 100 g/mol. The van der Waals surface area contributed by atoms with Gasteiger partial charge in [0, 0.05) is 0 Å². The quantitative estimate of drug-likeness (QED) is 0.293. The van der Waals surface area contributed by atoms with Crippen molar-refractivity contribution in [3.05, 3.63) is 10.4 Å². The molecule has 0 unspecified atom stereocenters. The number of rotatable bonds is 0.